The molecule has 3 aromatic rings. The van der Waals surface area contributed by atoms with Crippen LogP contribution in [0.1, 0.15) is 52.9 Å². The van der Waals surface area contributed by atoms with E-state index in [-0.39, 0.29) is 5.91 Å². The zero-order valence-electron chi connectivity index (χ0n) is 19.2. The fourth-order valence-electron chi connectivity index (χ4n) is 4.69. The summed E-state index contributed by atoms with van der Waals surface area (Å²) in [7, 11) is 0. The zero-order valence-corrected chi connectivity index (χ0v) is 19.2. The molecular weight excluding hydrogens is 430 g/mol. The van der Waals surface area contributed by atoms with E-state index in [4.69, 9.17) is 0 Å². The highest BCUT2D eigenvalue weighted by atomic mass is 16.2. The number of nitrogens with one attached hydrogen (secondary N) is 3. The number of carbonyl (C=O) groups is 3. The molecule has 5 rings (SSSR count). The average Bonchev–Trinajstić information content (AvgIpc) is 3.44. The predicted octanol–water partition coefficient (Wildman–Crippen LogP) is 3.46. The summed E-state index contributed by atoms with van der Waals surface area (Å²) >= 11 is 0. The number of piperidine rings is 1. The van der Waals surface area contributed by atoms with E-state index in [1.807, 2.05) is 4.90 Å². The number of hydrogen-bond donors (Lipinski definition) is 3. The van der Waals surface area contributed by atoms with E-state index in [9.17, 15) is 14.4 Å². The number of carbonyl (C=O) groups excluding carboxylic acids is 3. The van der Waals surface area contributed by atoms with Crippen LogP contribution in [0.2, 0.25) is 0 Å². The van der Waals surface area contributed by atoms with Gasteiger partial charge in [-0.05, 0) is 50.5 Å². The number of hydrogen-bond acceptors (Lipinski definition) is 4. The Morgan fingerprint density at radius 2 is 1.71 bits per heavy atom. The van der Waals surface area contributed by atoms with Gasteiger partial charge >= 0.3 is 6.03 Å². The number of aromatic amines is 1. The molecule has 8 heteroatoms. The number of benzene rings is 2. The van der Waals surface area contributed by atoms with Crippen LogP contribution in [0.5, 0.6) is 0 Å². The molecule has 4 amide bonds. The molecular formula is C26H27N5O3. The molecule has 34 heavy (non-hydrogen) atoms. The number of imide groups is 1. The maximum Gasteiger partial charge on any atom is 0.322 e. The molecule has 2 fully saturated rings. The average molecular weight is 458 g/mol. The molecule has 3 heterocycles. The number of amides is 4. The van der Waals surface area contributed by atoms with Crippen LogP contribution >= 0.6 is 0 Å². The largest absolute Gasteiger partial charge is 0.339 e. The molecule has 2 aliphatic rings. The first-order chi connectivity index (χ1) is 16.3. The van der Waals surface area contributed by atoms with Gasteiger partial charge in [0.05, 0.1) is 5.69 Å². The van der Waals surface area contributed by atoms with Crippen molar-refractivity contribution >= 4 is 17.8 Å². The Morgan fingerprint density at radius 1 is 1.03 bits per heavy atom. The lowest BCUT2D eigenvalue weighted by Crippen LogP contribution is -2.40. The number of H-pyrrole nitrogens is 1. The summed E-state index contributed by atoms with van der Waals surface area (Å²) in [5.41, 5.74) is 4.43. The molecule has 0 saturated carbocycles. The maximum atomic E-state index is 13.0. The quantitative estimate of drug-likeness (QED) is 0.522. The van der Waals surface area contributed by atoms with Gasteiger partial charge < -0.3 is 10.2 Å². The molecule has 1 aromatic heterocycles. The third-order valence-electron chi connectivity index (χ3n) is 6.92. The number of likely N-dealkylation sites (tertiary alicyclic amines) is 1. The molecule has 2 aliphatic heterocycles. The summed E-state index contributed by atoms with van der Waals surface area (Å²) in [5, 5.41) is 12.6. The number of rotatable bonds is 4. The van der Waals surface area contributed by atoms with E-state index < -0.39 is 17.5 Å². The standard InChI is InChI=1S/C26H27N5O3/c1-16-3-5-17(6-4-16)21-15-22(30-29-21)18-11-13-31(14-12-18)23(32)19-7-9-20(10-8-19)26(2)24(33)27-25(34)28-26/h3-10,15,18H,11-14H2,1-2H3,(H,29,30)(H2,27,28,33,34)/t26-/m1/s1. The first-order valence-corrected chi connectivity index (χ1v) is 11.5. The van der Waals surface area contributed by atoms with Crippen molar-refractivity contribution in [1.29, 1.82) is 0 Å². The monoisotopic (exact) mass is 457 g/mol. The van der Waals surface area contributed by atoms with Gasteiger partial charge in [0.15, 0.2) is 0 Å². The summed E-state index contributed by atoms with van der Waals surface area (Å²) < 4.78 is 0. The first kappa shape index (κ1) is 21.9. The fourth-order valence-corrected chi connectivity index (χ4v) is 4.69. The second-order valence-corrected chi connectivity index (χ2v) is 9.25. The van der Waals surface area contributed by atoms with E-state index in [1.165, 1.54) is 5.56 Å². The van der Waals surface area contributed by atoms with Crippen molar-refractivity contribution in [3.05, 3.63) is 77.0 Å². The smallest absolute Gasteiger partial charge is 0.322 e. The van der Waals surface area contributed by atoms with Crippen molar-refractivity contribution < 1.29 is 14.4 Å². The Kier molecular flexibility index (Phi) is 5.43. The van der Waals surface area contributed by atoms with Crippen LogP contribution in [0.25, 0.3) is 11.3 Å². The van der Waals surface area contributed by atoms with Crippen LogP contribution in [-0.4, -0.2) is 46.0 Å². The van der Waals surface area contributed by atoms with Crippen molar-refractivity contribution in [2.75, 3.05) is 13.1 Å². The van der Waals surface area contributed by atoms with Crippen LogP contribution in [-0.2, 0) is 10.3 Å². The number of aryl methyl sites for hydroxylation is 1. The predicted molar refractivity (Wildman–Crippen MR) is 127 cm³/mol. The van der Waals surface area contributed by atoms with E-state index in [2.05, 4.69) is 58.1 Å². The van der Waals surface area contributed by atoms with Gasteiger partial charge in [-0.15, -0.1) is 0 Å². The second-order valence-electron chi connectivity index (χ2n) is 9.25. The van der Waals surface area contributed by atoms with Gasteiger partial charge in [-0.3, -0.25) is 20.0 Å². The Bertz CT molecular complexity index is 1240. The second kappa shape index (κ2) is 8.44. The van der Waals surface area contributed by atoms with Crippen molar-refractivity contribution in [3.8, 4) is 11.3 Å². The minimum atomic E-state index is -1.13. The Balaban J connectivity index is 1.21. The van der Waals surface area contributed by atoms with Crippen LogP contribution in [0.3, 0.4) is 0 Å². The van der Waals surface area contributed by atoms with Crippen molar-refractivity contribution in [3.63, 3.8) is 0 Å². The summed E-state index contributed by atoms with van der Waals surface area (Å²) in [6, 6.07) is 16.8. The van der Waals surface area contributed by atoms with Crippen molar-refractivity contribution in [2.45, 2.75) is 38.1 Å². The first-order valence-electron chi connectivity index (χ1n) is 11.5. The highest BCUT2D eigenvalue weighted by molar-refractivity contribution is 6.07. The Hall–Kier alpha value is -3.94. The Morgan fingerprint density at radius 3 is 2.32 bits per heavy atom. The minimum absolute atomic E-state index is 0.0278. The van der Waals surface area contributed by atoms with Crippen molar-refractivity contribution in [2.24, 2.45) is 0 Å². The topological polar surface area (TPSA) is 107 Å². The molecule has 0 radical (unpaired) electrons. The Labute approximate surface area is 197 Å². The van der Waals surface area contributed by atoms with Crippen LogP contribution in [0.4, 0.5) is 4.79 Å². The third kappa shape index (κ3) is 3.96. The van der Waals surface area contributed by atoms with E-state index in [0.29, 0.717) is 30.1 Å². The van der Waals surface area contributed by atoms with Crippen LogP contribution in [0, 0.1) is 6.92 Å². The molecule has 0 aliphatic carbocycles. The number of aromatic nitrogens is 2. The SMILES string of the molecule is Cc1ccc(-c2cc(C3CCN(C(=O)c4ccc([C@@]5(C)NC(=O)NC5=O)cc4)CC3)[nH]n2)cc1. The molecule has 1 atom stereocenters. The number of nitrogens with zero attached hydrogens (tertiary/aromatic N) is 2. The van der Waals surface area contributed by atoms with Gasteiger partial charge in [0.25, 0.3) is 11.8 Å². The van der Waals surface area contributed by atoms with E-state index >= 15 is 0 Å². The number of urea groups is 1. The molecule has 0 bridgehead atoms. The maximum absolute atomic E-state index is 13.0. The van der Waals surface area contributed by atoms with E-state index in [0.717, 1.165) is 29.8 Å². The lowest BCUT2D eigenvalue weighted by atomic mass is 9.91. The highest BCUT2D eigenvalue weighted by Gasteiger charge is 2.43. The molecule has 3 N–H and O–H groups in total. The molecule has 2 aromatic carbocycles. The van der Waals surface area contributed by atoms with Gasteiger partial charge in [-0.1, -0.05) is 42.0 Å². The molecule has 0 spiro atoms. The lowest BCUT2D eigenvalue weighted by Gasteiger charge is -2.31. The molecule has 0 unspecified atom stereocenters. The molecule has 2 saturated heterocycles. The third-order valence-corrected chi connectivity index (χ3v) is 6.92. The fraction of sp³-hybridized carbons (Fsp3) is 0.308. The summed E-state index contributed by atoms with van der Waals surface area (Å²) in [5.74, 6) is -0.0921. The lowest BCUT2D eigenvalue weighted by molar-refractivity contribution is -0.123. The van der Waals surface area contributed by atoms with E-state index in [1.54, 1.807) is 31.2 Å². The molecule has 174 valence electrons. The molecule has 8 nitrogen and oxygen atoms in total. The van der Waals surface area contributed by atoms with Gasteiger partial charge in [-0.25, -0.2) is 4.79 Å². The van der Waals surface area contributed by atoms with Crippen LogP contribution < -0.4 is 10.6 Å². The minimum Gasteiger partial charge on any atom is -0.339 e. The van der Waals surface area contributed by atoms with Gasteiger partial charge in [0.1, 0.15) is 5.54 Å². The van der Waals surface area contributed by atoms with Gasteiger partial charge in [0, 0.05) is 35.8 Å². The summed E-state index contributed by atoms with van der Waals surface area (Å²) in [4.78, 5) is 38.6. The van der Waals surface area contributed by atoms with Gasteiger partial charge in [0.2, 0.25) is 0 Å². The highest BCUT2D eigenvalue weighted by Crippen LogP contribution is 2.30. The summed E-state index contributed by atoms with van der Waals surface area (Å²) in [6.07, 6.45) is 1.73. The van der Waals surface area contributed by atoms with Gasteiger partial charge in [-0.2, -0.15) is 5.10 Å². The normalized spacial score (nSPS) is 20.8. The van der Waals surface area contributed by atoms with Crippen molar-refractivity contribution in [1.82, 2.24) is 25.7 Å². The van der Waals surface area contributed by atoms with Crippen LogP contribution in [0.15, 0.2) is 54.6 Å². The zero-order chi connectivity index (χ0) is 23.9. The summed E-state index contributed by atoms with van der Waals surface area (Å²) in [6.45, 7) is 5.05.